The van der Waals surface area contributed by atoms with E-state index in [0.29, 0.717) is 18.0 Å². The van der Waals surface area contributed by atoms with E-state index in [4.69, 9.17) is 15.2 Å². The monoisotopic (exact) mass is 283 g/mol. The summed E-state index contributed by atoms with van der Waals surface area (Å²) in [6, 6.07) is 16.6. The van der Waals surface area contributed by atoms with Crippen LogP contribution < -0.4 is 10.5 Å². The van der Waals surface area contributed by atoms with Crippen molar-refractivity contribution in [2.24, 2.45) is 0 Å². The van der Waals surface area contributed by atoms with E-state index in [1.165, 1.54) is 6.08 Å². The Balaban J connectivity index is 1.67. The molecular formula is C17H17NO3. The molecule has 0 heterocycles. The van der Waals surface area contributed by atoms with Crippen molar-refractivity contribution in [3.63, 3.8) is 0 Å². The fourth-order valence-corrected chi connectivity index (χ4v) is 1.64. The van der Waals surface area contributed by atoms with Gasteiger partial charge in [-0.15, -0.1) is 0 Å². The molecule has 0 aromatic heterocycles. The van der Waals surface area contributed by atoms with Gasteiger partial charge in [-0.3, -0.25) is 0 Å². The van der Waals surface area contributed by atoms with E-state index in [1.54, 1.807) is 30.3 Å². The Morgan fingerprint density at radius 1 is 1.00 bits per heavy atom. The van der Waals surface area contributed by atoms with Gasteiger partial charge in [-0.05, 0) is 35.9 Å². The van der Waals surface area contributed by atoms with Crippen LogP contribution in [0.3, 0.4) is 0 Å². The first kappa shape index (κ1) is 14.7. The Hall–Kier alpha value is -2.75. The Labute approximate surface area is 123 Å². The zero-order valence-electron chi connectivity index (χ0n) is 11.6. The van der Waals surface area contributed by atoms with Crippen LogP contribution in [0.2, 0.25) is 0 Å². The maximum absolute atomic E-state index is 11.5. The number of nitrogen functional groups attached to an aromatic ring is 1. The average Bonchev–Trinajstić information content (AvgIpc) is 2.52. The van der Waals surface area contributed by atoms with E-state index in [0.717, 1.165) is 5.56 Å². The lowest BCUT2D eigenvalue weighted by molar-refractivity contribution is -0.138. The smallest absolute Gasteiger partial charge is 0.330 e. The fourth-order valence-electron chi connectivity index (χ4n) is 1.64. The van der Waals surface area contributed by atoms with Crippen LogP contribution in [0.25, 0.3) is 6.08 Å². The molecule has 0 amide bonds. The highest BCUT2D eigenvalue weighted by Gasteiger charge is 1.98. The van der Waals surface area contributed by atoms with E-state index in [-0.39, 0.29) is 12.6 Å². The molecule has 0 bridgehead atoms. The summed E-state index contributed by atoms with van der Waals surface area (Å²) in [5, 5.41) is 0. The van der Waals surface area contributed by atoms with Gasteiger partial charge in [0, 0.05) is 11.8 Å². The number of anilines is 1. The van der Waals surface area contributed by atoms with Crippen molar-refractivity contribution < 1.29 is 14.3 Å². The number of hydrogen-bond acceptors (Lipinski definition) is 4. The van der Waals surface area contributed by atoms with Gasteiger partial charge in [0.15, 0.2) is 0 Å². The third kappa shape index (κ3) is 5.40. The van der Waals surface area contributed by atoms with Crippen molar-refractivity contribution in [2.45, 2.75) is 0 Å². The minimum Gasteiger partial charge on any atom is -0.490 e. The maximum atomic E-state index is 11.5. The van der Waals surface area contributed by atoms with Crippen LogP contribution in [-0.4, -0.2) is 19.2 Å². The van der Waals surface area contributed by atoms with Gasteiger partial charge in [0.05, 0.1) is 0 Å². The minimum absolute atomic E-state index is 0.197. The highest BCUT2D eigenvalue weighted by Crippen LogP contribution is 2.12. The molecule has 0 aliphatic carbocycles. The van der Waals surface area contributed by atoms with E-state index < -0.39 is 0 Å². The topological polar surface area (TPSA) is 61.6 Å². The van der Waals surface area contributed by atoms with Gasteiger partial charge in [-0.2, -0.15) is 0 Å². The van der Waals surface area contributed by atoms with Gasteiger partial charge in [0.1, 0.15) is 19.0 Å². The van der Waals surface area contributed by atoms with Crippen molar-refractivity contribution in [2.75, 3.05) is 18.9 Å². The van der Waals surface area contributed by atoms with Gasteiger partial charge < -0.3 is 15.2 Å². The first-order valence-corrected chi connectivity index (χ1v) is 6.62. The van der Waals surface area contributed by atoms with Crippen molar-refractivity contribution in [1.82, 2.24) is 0 Å². The molecule has 2 N–H and O–H groups in total. The predicted octanol–water partition coefficient (Wildman–Crippen LogP) is 2.90. The van der Waals surface area contributed by atoms with Gasteiger partial charge in [0.25, 0.3) is 0 Å². The van der Waals surface area contributed by atoms with Crippen LogP contribution in [-0.2, 0) is 9.53 Å². The first-order chi connectivity index (χ1) is 10.2. The van der Waals surface area contributed by atoms with E-state index in [1.807, 2.05) is 30.3 Å². The van der Waals surface area contributed by atoms with E-state index in [2.05, 4.69) is 0 Å². The number of carbonyl (C=O) groups is 1. The van der Waals surface area contributed by atoms with E-state index in [9.17, 15) is 4.79 Å². The number of carbonyl (C=O) groups excluding carboxylic acids is 1. The number of rotatable bonds is 6. The van der Waals surface area contributed by atoms with Gasteiger partial charge in [0.2, 0.25) is 0 Å². The third-order valence-corrected chi connectivity index (χ3v) is 2.69. The number of ether oxygens (including phenoxy) is 2. The summed E-state index contributed by atoms with van der Waals surface area (Å²) in [5.41, 5.74) is 7.20. The molecule has 0 aliphatic heterocycles. The first-order valence-electron chi connectivity index (χ1n) is 6.62. The molecule has 0 aliphatic rings. The molecule has 0 saturated carbocycles. The summed E-state index contributed by atoms with van der Waals surface area (Å²) in [5.74, 6) is 0.305. The summed E-state index contributed by atoms with van der Waals surface area (Å²) >= 11 is 0. The second-order valence-electron chi connectivity index (χ2n) is 4.33. The summed E-state index contributed by atoms with van der Waals surface area (Å²) in [4.78, 5) is 11.5. The molecule has 4 nitrogen and oxygen atoms in total. The number of hydrogen-bond donors (Lipinski definition) is 1. The molecule has 0 atom stereocenters. The molecule has 2 rings (SSSR count). The van der Waals surface area contributed by atoms with Gasteiger partial charge in [-0.1, -0.05) is 30.3 Å². The van der Waals surface area contributed by atoms with Crippen LogP contribution in [0.5, 0.6) is 5.75 Å². The van der Waals surface area contributed by atoms with E-state index >= 15 is 0 Å². The molecule has 0 unspecified atom stereocenters. The number of esters is 1. The van der Waals surface area contributed by atoms with Crippen LogP contribution in [0, 0.1) is 0 Å². The zero-order valence-corrected chi connectivity index (χ0v) is 11.6. The quantitative estimate of drug-likeness (QED) is 0.383. The summed E-state index contributed by atoms with van der Waals surface area (Å²) < 4.78 is 10.5. The highest BCUT2D eigenvalue weighted by atomic mass is 16.6. The average molecular weight is 283 g/mol. The summed E-state index contributed by atoms with van der Waals surface area (Å²) in [7, 11) is 0. The van der Waals surface area contributed by atoms with Gasteiger partial charge >= 0.3 is 5.97 Å². The molecule has 21 heavy (non-hydrogen) atoms. The van der Waals surface area contributed by atoms with Crippen molar-refractivity contribution in [1.29, 1.82) is 0 Å². The Morgan fingerprint density at radius 3 is 2.43 bits per heavy atom. The highest BCUT2D eigenvalue weighted by molar-refractivity contribution is 5.87. The molecule has 0 saturated heterocycles. The lowest BCUT2D eigenvalue weighted by Gasteiger charge is -2.06. The number of benzene rings is 2. The largest absolute Gasteiger partial charge is 0.490 e. The molecule has 108 valence electrons. The molecular weight excluding hydrogens is 266 g/mol. The summed E-state index contributed by atoms with van der Waals surface area (Å²) in [6.07, 6.45) is 3.11. The number of nitrogens with two attached hydrogens (primary N) is 1. The standard InChI is InChI=1S/C17H17NO3/c18-15-7-9-16(10-8-15)20-12-13-21-17(19)11-6-14-4-2-1-3-5-14/h1-11H,12-13,18H2/b11-6+. The lowest BCUT2D eigenvalue weighted by atomic mass is 10.2. The van der Waals surface area contributed by atoms with Crippen LogP contribution in [0.15, 0.2) is 60.7 Å². The predicted molar refractivity (Wildman–Crippen MR) is 82.8 cm³/mol. The second kappa shape index (κ2) is 7.75. The van der Waals surface area contributed by atoms with Crippen molar-refractivity contribution in [3.05, 3.63) is 66.2 Å². The van der Waals surface area contributed by atoms with Crippen molar-refractivity contribution >= 4 is 17.7 Å². The fraction of sp³-hybridized carbons (Fsp3) is 0.118. The van der Waals surface area contributed by atoms with Crippen LogP contribution in [0.4, 0.5) is 5.69 Å². The SMILES string of the molecule is Nc1ccc(OCCOC(=O)/C=C/c2ccccc2)cc1. The molecule has 2 aromatic rings. The Kier molecular flexibility index (Phi) is 5.41. The molecule has 0 fully saturated rings. The summed E-state index contributed by atoms with van der Waals surface area (Å²) in [6.45, 7) is 0.497. The lowest BCUT2D eigenvalue weighted by Crippen LogP contribution is -2.10. The second-order valence-corrected chi connectivity index (χ2v) is 4.33. The van der Waals surface area contributed by atoms with Gasteiger partial charge in [-0.25, -0.2) is 4.79 Å². The van der Waals surface area contributed by atoms with Crippen LogP contribution in [0.1, 0.15) is 5.56 Å². The minimum atomic E-state index is -0.389. The maximum Gasteiger partial charge on any atom is 0.330 e. The molecule has 0 radical (unpaired) electrons. The zero-order chi connectivity index (χ0) is 14.9. The molecule has 4 heteroatoms. The van der Waals surface area contributed by atoms with Crippen molar-refractivity contribution in [3.8, 4) is 5.75 Å². The normalized spacial score (nSPS) is 10.5. The Bertz CT molecular complexity index is 591. The molecule has 0 spiro atoms. The molecule has 2 aromatic carbocycles. The third-order valence-electron chi connectivity index (χ3n) is 2.69. The Morgan fingerprint density at radius 2 is 1.71 bits per heavy atom. The van der Waals surface area contributed by atoms with Crippen LogP contribution >= 0.6 is 0 Å².